The van der Waals surface area contributed by atoms with Crippen molar-refractivity contribution >= 4 is 32.3 Å². The van der Waals surface area contributed by atoms with Gasteiger partial charge in [0.2, 0.25) is 0 Å². The number of rotatable bonds is 2. The molecule has 2 nitrogen and oxygen atoms in total. The fraction of sp³-hybridized carbons (Fsp3) is 0.304. The Kier molecular flexibility index (Phi) is 4.07. The SMILES string of the molecule is CC(C)c1csc2c(-c3cc(C(C)(C)C)c4ccccc4c3)ncnc12. The standard InChI is InChI=1S/C23H24N2S/c1-14(2)18-12-26-22-20(24-13-25-21(18)22)16-10-15-8-6-7-9-17(15)19(11-16)23(3,4)5/h6-14H,1-5H3. The van der Waals surface area contributed by atoms with Gasteiger partial charge in [0.1, 0.15) is 6.33 Å². The Morgan fingerprint density at radius 1 is 1.00 bits per heavy atom. The minimum atomic E-state index is 0.0697. The van der Waals surface area contributed by atoms with Crippen LogP contribution in [0.25, 0.3) is 32.2 Å². The van der Waals surface area contributed by atoms with Crippen molar-refractivity contribution < 1.29 is 0 Å². The third-order valence-electron chi connectivity index (χ3n) is 4.95. The van der Waals surface area contributed by atoms with Crippen LogP contribution in [0.3, 0.4) is 0 Å². The molecule has 0 radical (unpaired) electrons. The Morgan fingerprint density at radius 3 is 2.50 bits per heavy atom. The molecule has 0 saturated heterocycles. The van der Waals surface area contributed by atoms with E-state index in [9.17, 15) is 0 Å². The van der Waals surface area contributed by atoms with Crippen LogP contribution >= 0.6 is 11.3 Å². The predicted octanol–water partition coefficient (Wildman–Crippen LogP) is 6.93. The lowest BCUT2D eigenvalue weighted by Crippen LogP contribution is -2.12. The number of hydrogen-bond acceptors (Lipinski definition) is 3. The van der Waals surface area contributed by atoms with Crippen LogP contribution in [0, 0.1) is 0 Å². The van der Waals surface area contributed by atoms with Crippen LogP contribution in [0.4, 0.5) is 0 Å². The van der Waals surface area contributed by atoms with E-state index in [0.717, 1.165) is 11.2 Å². The molecule has 2 aromatic carbocycles. The Morgan fingerprint density at radius 2 is 1.77 bits per heavy atom. The number of thiophene rings is 1. The van der Waals surface area contributed by atoms with Crippen molar-refractivity contribution in [2.45, 2.75) is 46.0 Å². The second kappa shape index (κ2) is 6.17. The summed E-state index contributed by atoms with van der Waals surface area (Å²) in [5, 5.41) is 4.82. The summed E-state index contributed by atoms with van der Waals surface area (Å²) in [6.45, 7) is 11.3. The van der Waals surface area contributed by atoms with Gasteiger partial charge in [-0.3, -0.25) is 0 Å². The van der Waals surface area contributed by atoms with Crippen molar-refractivity contribution in [3.63, 3.8) is 0 Å². The highest BCUT2D eigenvalue weighted by atomic mass is 32.1. The van der Waals surface area contributed by atoms with Crippen LogP contribution < -0.4 is 0 Å². The van der Waals surface area contributed by atoms with E-state index in [0.29, 0.717) is 5.92 Å². The summed E-state index contributed by atoms with van der Waals surface area (Å²) in [4.78, 5) is 9.26. The first kappa shape index (κ1) is 17.2. The van der Waals surface area contributed by atoms with E-state index in [1.165, 1.54) is 32.2 Å². The first-order chi connectivity index (χ1) is 12.4. The van der Waals surface area contributed by atoms with Gasteiger partial charge in [-0.05, 0) is 50.7 Å². The van der Waals surface area contributed by atoms with Crippen molar-refractivity contribution in [1.82, 2.24) is 9.97 Å². The molecule has 0 aliphatic rings. The fourth-order valence-corrected chi connectivity index (χ4v) is 4.75. The van der Waals surface area contributed by atoms with Crippen LogP contribution in [-0.4, -0.2) is 9.97 Å². The number of nitrogens with zero attached hydrogens (tertiary/aromatic N) is 2. The van der Waals surface area contributed by atoms with Crippen molar-refractivity contribution in [2.75, 3.05) is 0 Å². The van der Waals surface area contributed by atoms with Crippen LogP contribution in [-0.2, 0) is 5.41 Å². The molecule has 0 aliphatic heterocycles. The van der Waals surface area contributed by atoms with E-state index in [-0.39, 0.29) is 5.41 Å². The molecule has 2 aromatic heterocycles. The second-order valence-corrected chi connectivity index (χ2v) is 9.12. The Balaban J connectivity index is 2.02. The maximum atomic E-state index is 4.68. The normalized spacial score (nSPS) is 12.4. The van der Waals surface area contributed by atoms with Gasteiger partial charge in [0, 0.05) is 5.56 Å². The topological polar surface area (TPSA) is 25.8 Å². The molecule has 0 bridgehead atoms. The highest BCUT2D eigenvalue weighted by Gasteiger charge is 2.20. The smallest absolute Gasteiger partial charge is 0.116 e. The summed E-state index contributed by atoms with van der Waals surface area (Å²) in [7, 11) is 0. The minimum absolute atomic E-state index is 0.0697. The Labute approximate surface area is 158 Å². The third-order valence-corrected chi connectivity index (χ3v) is 5.94. The molecule has 132 valence electrons. The molecule has 3 heteroatoms. The predicted molar refractivity (Wildman–Crippen MR) is 113 cm³/mol. The molecule has 0 spiro atoms. The molecule has 0 N–H and O–H groups in total. The number of benzene rings is 2. The summed E-state index contributed by atoms with van der Waals surface area (Å²) in [6.07, 6.45) is 1.71. The average molecular weight is 361 g/mol. The van der Waals surface area contributed by atoms with Gasteiger partial charge in [-0.2, -0.15) is 0 Å². The molecule has 0 aliphatic carbocycles. The van der Waals surface area contributed by atoms with E-state index in [4.69, 9.17) is 0 Å². The quantitative estimate of drug-likeness (QED) is 0.387. The molecule has 0 fully saturated rings. The van der Waals surface area contributed by atoms with Gasteiger partial charge in [0.25, 0.3) is 0 Å². The lowest BCUT2D eigenvalue weighted by molar-refractivity contribution is 0.596. The summed E-state index contributed by atoms with van der Waals surface area (Å²) in [5.41, 5.74) is 6.06. The van der Waals surface area contributed by atoms with Crippen molar-refractivity contribution in [1.29, 1.82) is 0 Å². The molecule has 0 unspecified atom stereocenters. The van der Waals surface area contributed by atoms with Gasteiger partial charge in [0.15, 0.2) is 0 Å². The van der Waals surface area contributed by atoms with Crippen LogP contribution in [0.5, 0.6) is 0 Å². The monoisotopic (exact) mass is 360 g/mol. The first-order valence-corrected chi connectivity index (χ1v) is 10.00. The maximum Gasteiger partial charge on any atom is 0.116 e. The van der Waals surface area contributed by atoms with Crippen molar-refractivity contribution in [3.8, 4) is 11.3 Å². The van der Waals surface area contributed by atoms with Gasteiger partial charge < -0.3 is 0 Å². The van der Waals surface area contributed by atoms with Crippen LogP contribution in [0.15, 0.2) is 48.1 Å². The van der Waals surface area contributed by atoms with E-state index >= 15 is 0 Å². The summed E-state index contributed by atoms with van der Waals surface area (Å²) < 4.78 is 1.19. The fourth-order valence-electron chi connectivity index (χ4n) is 3.55. The molecular formula is C23H24N2S. The highest BCUT2D eigenvalue weighted by molar-refractivity contribution is 7.17. The number of hydrogen-bond donors (Lipinski definition) is 0. The van der Waals surface area contributed by atoms with E-state index < -0.39 is 0 Å². The minimum Gasteiger partial charge on any atom is -0.235 e. The highest BCUT2D eigenvalue weighted by Crippen LogP contribution is 2.39. The largest absolute Gasteiger partial charge is 0.235 e. The number of aromatic nitrogens is 2. The van der Waals surface area contributed by atoms with Gasteiger partial charge in [-0.25, -0.2) is 9.97 Å². The molecule has 26 heavy (non-hydrogen) atoms. The van der Waals surface area contributed by atoms with E-state index in [2.05, 4.69) is 86.4 Å². The lowest BCUT2D eigenvalue weighted by atomic mass is 9.82. The molecule has 0 saturated carbocycles. The molecule has 0 atom stereocenters. The molecule has 4 aromatic rings. The molecule has 0 amide bonds. The summed E-state index contributed by atoms with van der Waals surface area (Å²) >= 11 is 1.76. The number of fused-ring (bicyclic) bond motifs is 2. The maximum absolute atomic E-state index is 4.68. The average Bonchev–Trinajstić information content (AvgIpc) is 3.04. The van der Waals surface area contributed by atoms with E-state index in [1.54, 1.807) is 17.7 Å². The van der Waals surface area contributed by atoms with Gasteiger partial charge in [-0.1, -0.05) is 58.9 Å². The molecular weight excluding hydrogens is 336 g/mol. The molecule has 4 rings (SSSR count). The second-order valence-electron chi connectivity index (χ2n) is 8.24. The van der Waals surface area contributed by atoms with Crippen LogP contribution in [0.2, 0.25) is 0 Å². The lowest BCUT2D eigenvalue weighted by Gasteiger charge is -2.22. The van der Waals surface area contributed by atoms with Crippen LogP contribution in [0.1, 0.15) is 51.7 Å². The van der Waals surface area contributed by atoms with Gasteiger partial charge in [-0.15, -0.1) is 11.3 Å². The zero-order valence-corrected chi connectivity index (χ0v) is 16.8. The van der Waals surface area contributed by atoms with Gasteiger partial charge >= 0.3 is 0 Å². The van der Waals surface area contributed by atoms with Gasteiger partial charge in [0.05, 0.1) is 15.9 Å². The first-order valence-electron chi connectivity index (χ1n) is 9.12. The summed E-state index contributed by atoms with van der Waals surface area (Å²) in [6, 6.07) is 13.2. The molecule has 2 heterocycles. The zero-order chi connectivity index (χ0) is 18.5. The summed E-state index contributed by atoms with van der Waals surface area (Å²) in [5.74, 6) is 0.466. The van der Waals surface area contributed by atoms with E-state index in [1.807, 2.05) is 0 Å². The Bertz CT molecular complexity index is 1100. The third kappa shape index (κ3) is 2.80. The van der Waals surface area contributed by atoms with Crippen molar-refractivity contribution in [2.24, 2.45) is 0 Å². The Hall–Kier alpha value is -2.26. The van der Waals surface area contributed by atoms with Crippen molar-refractivity contribution in [3.05, 3.63) is 59.2 Å². The zero-order valence-electron chi connectivity index (χ0n) is 16.0.